The number of benzene rings is 1. The van der Waals surface area contributed by atoms with Crippen LogP contribution >= 0.6 is 27.5 Å². The van der Waals surface area contributed by atoms with Crippen LogP contribution in [0.2, 0.25) is 5.02 Å². The molecular formula is C14H20BrClN2O. The largest absolute Gasteiger partial charge is 0.351 e. The number of carbonyl (C=O) groups excluding carboxylic acids is 1. The van der Waals surface area contributed by atoms with Gasteiger partial charge >= 0.3 is 0 Å². The molecule has 0 saturated heterocycles. The van der Waals surface area contributed by atoms with Gasteiger partial charge in [-0.25, -0.2) is 0 Å². The van der Waals surface area contributed by atoms with Crippen molar-refractivity contribution in [1.82, 2.24) is 10.6 Å². The van der Waals surface area contributed by atoms with E-state index in [2.05, 4.69) is 26.6 Å². The second-order valence-corrected chi connectivity index (χ2v) is 6.73. The normalized spacial score (nSPS) is 11.4. The van der Waals surface area contributed by atoms with E-state index < -0.39 is 0 Å². The lowest BCUT2D eigenvalue weighted by Crippen LogP contribution is -2.41. The summed E-state index contributed by atoms with van der Waals surface area (Å²) in [6, 6.07) is 5.83. The molecule has 0 aromatic heterocycles. The molecule has 0 aliphatic rings. The molecule has 0 aliphatic carbocycles. The van der Waals surface area contributed by atoms with E-state index in [0.717, 1.165) is 10.0 Å². The highest BCUT2D eigenvalue weighted by Gasteiger charge is 2.12. The lowest BCUT2D eigenvalue weighted by atomic mass is 10.1. The van der Waals surface area contributed by atoms with Crippen LogP contribution in [0, 0.1) is 0 Å². The Labute approximate surface area is 128 Å². The molecule has 0 heterocycles. The number of carbonyl (C=O) groups is 1. The van der Waals surface area contributed by atoms with Crippen LogP contribution < -0.4 is 10.6 Å². The molecule has 0 spiro atoms. The van der Waals surface area contributed by atoms with Crippen molar-refractivity contribution in [2.45, 2.75) is 39.3 Å². The van der Waals surface area contributed by atoms with Gasteiger partial charge in [-0.15, -0.1) is 0 Å². The molecule has 0 radical (unpaired) electrons. The van der Waals surface area contributed by atoms with Crippen molar-refractivity contribution in [3.63, 3.8) is 0 Å². The van der Waals surface area contributed by atoms with Crippen LogP contribution in [0.5, 0.6) is 0 Å². The summed E-state index contributed by atoms with van der Waals surface area (Å²) in [4.78, 5) is 11.6. The lowest BCUT2D eigenvalue weighted by Gasteiger charge is -2.20. The van der Waals surface area contributed by atoms with Gasteiger partial charge in [0.25, 0.3) is 0 Å². The minimum atomic E-state index is -0.170. The van der Waals surface area contributed by atoms with E-state index in [9.17, 15) is 4.79 Å². The van der Waals surface area contributed by atoms with Gasteiger partial charge < -0.3 is 10.6 Å². The number of halogens is 2. The second kappa shape index (κ2) is 7.27. The lowest BCUT2D eigenvalue weighted by molar-refractivity contribution is -0.122. The van der Waals surface area contributed by atoms with E-state index in [-0.39, 0.29) is 11.4 Å². The third kappa shape index (κ3) is 6.95. The van der Waals surface area contributed by atoms with Gasteiger partial charge in [0.2, 0.25) is 5.91 Å². The smallest absolute Gasteiger partial charge is 0.221 e. The van der Waals surface area contributed by atoms with Gasteiger partial charge in [-0.1, -0.05) is 17.7 Å². The second-order valence-electron chi connectivity index (χ2n) is 5.47. The first-order valence-electron chi connectivity index (χ1n) is 6.23. The highest BCUT2D eigenvalue weighted by molar-refractivity contribution is 9.10. The molecular weight excluding hydrogens is 328 g/mol. The van der Waals surface area contributed by atoms with Crippen LogP contribution in [0.4, 0.5) is 0 Å². The van der Waals surface area contributed by atoms with Gasteiger partial charge in [0, 0.05) is 29.5 Å². The topological polar surface area (TPSA) is 41.1 Å². The highest BCUT2D eigenvalue weighted by atomic mass is 79.9. The summed E-state index contributed by atoms with van der Waals surface area (Å²) in [7, 11) is 0. The fourth-order valence-corrected chi connectivity index (χ4v) is 2.01. The molecule has 1 amide bonds. The van der Waals surface area contributed by atoms with Gasteiger partial charge in [0.05, 0.1) is 5.02 Å². The number of rotatable bonds is 5. The van der Waals surface area contributed by atoms with Crippen molar-refractivity contribution in [3.05, 3.63) is 33.3 Å². The average Bonchev–Trinajstić information content (AvgIpc) is 2.27. The molecule has 0 unspecified atom stereocenters. The molecule has 19 heavy (non-hydrogen) atoms. The van der Waals surface area contributed by atoms with Crippen molar-refractivity contribution in [2.75, 3.05) is 6.54 Å². The zero-order valence-electron chi connectivity index (χ0n) is 11.5. The van der Waals surface area contributed by atoms with Crippen molar-refractivity contribution in [2.24, 2.45) is 0 Å². The molecule has 1 aromatic rings. The summed E-state index contributed by atoms with van der Waals surface area (Å²) in [6.07, 6.45) is 0.474. The molecule has 0 fully saturated rings. The van der Waals surface area contributed by atoms with Crippen molar-refractivity contribution in [3.8, 4) is 0 Å². The number of hydrogen-bond acceptors (Lipinski definition) is 2. The Balaban J connectivity index is 2.27. The molecule has 0 saturated carbocycles. The van der Waals surface area contributed by atoms with Gasteiger partial charge in [0.15, 0.2) is 0 Å². The van der Waals surface area contributed by atoms with E-state index in [4.69, 9.17) is 11.6 Å². The van der Waals surface area contributed by atoms with Crippen molar-refractivity contribution in [1.29, 1.82) is 0 Å². The third-order valence-corrected chi connectivity index (χ3v) is 3.59. The van der Waals surface area contributed by atoms with Crippen LogP contribution in [-0.2, 0) is 11.3 Å². The zero-order chi connectivity index (χ0) is 14.5. The van der Waals surface area contributed by atoms with Crippen LogP contribution in [0.15, 0.2) is 22.7 Å². The maximum absolute atomic E-state index is 11.6. The van der Waals surface area contributed by atoms with Crippen LogP contribution in [0.25, 0.3) is 0 Å². The summed E-state index contributed by atoms with van der Waals surface area (Å²) in [5, 5.41) is 6.86. The minimum Gasteiger partial charge on any atom is -0.351 e. The molecule has 1 aromatic carbocycles. The van der Waals surface area contributed by atoms with Crippen molar-refractivity contribution < 1.29 is 4.79 Å². The fraction of sp³-hybridized carbons (Fsp3) is 0.500. The average molecular weight is 348 g/mol. The predicted molar refractivity (Wildman–Crippen MR) is 83.4 cm³/mol. The highest BCUT2D eigenvalue weighted by Crippen LogP contribution is 2.22. The summed E-state index contributed by atoms with van der Waals surface area (Å²) in [6.45, 7) is 7.28. The van der Waals surface area contributed by atoms with E-state index in [1.165, 1.54) is 0 Å². The maximum Gasteiger partial charge on any atom is 0.221 e. The Hall–Kier alpha value is -0.580. The van der Waals surface area contributed by atoms with Gasteiger partial charge in [-0.05, 0) is 54.4 Å². The van der Waals surface area contributed by atoms with E-state index in [1.54, 1.807) is 0 Å². The number of amides is 1. The molecule has 3 nitrogen and oxygen atoms in total. The maximum atomic E-state index is 11.6. The Morgan fingerprint density at radius 1 is 1.37 bits per heavy atom. The predicted octanol–water partition coefficient (Wildman–Crippen LogP) is 3.50. The molecule has 0 aliphatic heterocycles. The zero-order valence-corrected chi connectivity index (χ0v) is 13.9. The third-order valence-electron chi connectivity index (χ3n) is 2.36. The van der Waals surface area contributed by atoms with E-state index in [0.29, 0.717) is 24.5 Å². The van der Waals surface area contributed by atoms with Gasteiger partial charge in [-0.3, -0.25) is 4.79 Å². The first-order chi connectivity index (χ1) is 8.78. The minimum absolute atomic E-state index is 0.0637. The van der Waals surface area contributed by atoms with Crippen LogP contribution in [-0.4, -0.2) is 18.0 Å². The molecule has 5 heteroatoms. The molecule has 1 rings (SSSR count). The Bertz CT molecular complexity index is 444. The quantitative estimate of drug-likeness (QED) is 0.801. The summed E-state index contributed by atoms with van der Waals surface area (Å²) in [5.41, 5.74) is 0.931. The van der Waals surface area contributed by atoms with Crippen molar-refractivity contribution >= 4 is 33.4 Å². The number of nitrogens with one attached hydrogen (secondary N) is 2. The molecule has 0 atom stereocenters. The van der Waals surface area contributed by atoms with E-state index in [1.807, 2.05) is 39.0 Å². The molecule has 106 valence electrons. The van der Waals surface area contributed by atoms with Gasteiger partial charge in [-0.2, -0.15) is 0 Å². The summed E-state index contributed by atoms with van der Waals surface area (Å²) < 4.78 is 0.891. The summed E-state index contributed by atoms with van der Waals surface area (Å²) in [5.74, 6) is 0.0637. The molecule has 0 bridgehead atoms. The van der Waals surface area contributed by atoms with Gasteiger partial charge in [0.1, 0.15) is 0 Å². The first kappa shape index (κ1) is 16.5. The Morgan fingerprint density at radius 3 is 2.63 bits per heavy atom. The standard InChI is InChI=1S/C14H20BrClN2O/c1-14(2,3)18-13(19)6-7-17-9-10-4-5-11(15)12(16)8-10/h4-5,8,17H,6-7,9H2,1-3H3,(H,18,19). The molecule has 2 N–H and O–H groups in total. The Morgan fingerprint density at radius 2 is 2.05 bits per heavy atom. The summed E-state index contributed by atoms with van der Waals surface area (Å²) >= 11 is 9.36. The SMILES string of the molecule is CC(C)(C)NC(=O)CCNCc1ccc(Br)c(Cl)c1. The van der Waals surface area contributed by atoms with Crippen LogP contribution in [0.3, 0.4) is 0 Å². The monoisotopic (exact) mass is 346 g/mol. The Kier molecular flexibility index (Phi) is 6.30. The first-order valence-corrected chi connectivity index (χ1v) is 7.41. The van der Waals surface area contributed by atoms with E-state index >= 15 is 0 Å². The van der Waals surface area contributed by atoms with Crippen LogP contribution in [0.1, 0.15) is 32.8 Å². The number of hydrogen-bond donors (Lipinski definition) is 2. The fourth-order valence-electron chi connectivity index (χ4n) is 1.56.